The summed E-state index contributed by atoms with van der Waals surface area (Å²) in [6.45, 7) is 3.59. The molecule has 128 valence electrons. The molecule has 6 heteroatoms. The van der Waals surface area contributed by atoms with Crippen LogP contribution in [0.1, 0.15) is 30.1 Å². The number of nitrogens with zero attached hydrogens (tertiary/aromatic N) is 2. The normalized spacial score (nSPS) is 18.7. The number of carbonyl (C=O) groups excluding carboxylic acids is 2. The first-order valence-electron chi connectivity index (χ1n) is 7.85. The number of likely N-dealkylation sites (tertiary alicyclic amines) is 1. The van der Waals surface area contributed by atoms with Gasteiger partial charge in [-0.2, -0.15) is 0 Å². The average Bonchev–Trinajstić information content (AvgIpc) is 2.59. The molecule has 0 spiro atoms. The summed E-state index contributed by atoms with van der Waals surface area (Å²) in [6, 6.07) is 9.26. The Balaban J connectivity index is 0.00000264. The molecule has 0 aromatic heterocycles. The van der Waals surface area contributed by atoms with Gasteiger partial charge >= 0.3 is 0 Å². The average molecular weight is 340 g/mol. The summed E-state index contributed by atoms with van der Waals surface area (Å²) in [7, 11) is 1.79. The molecule has 1 aromatic carbocycles. The zero-order valence-electron chi connectivity index (χ0n) is 13.8. The van der Waals surface area contributed by atoms with Crippen LogP contribution < -0.4 is 5.73 Å². The standard InChI is InChI=1S/C17H25N3O2.ClH/c1-13(11-18)19(2)16(21)15-9-6-10-20(12-15)17(22)14-7-4-3-5-8-14;/h3-5,7-8,13,15H,6,9-12,18H2,1-2H3;1H. The van der Waals surface area contributed by atoms with E-state index in [1.54, 1.807) is 16.8 Å². The van der Waals surface area contributed by atoms with Crippen LogP contribution in [-0.4, -0.2) is 54.3 Å². The van der Waals surface area contributed by atoms with Crippen molar-refractivity contribution < 1.29 is 9.59 Å². The quantitative estimate of drug-likeness (QED) is 0.909. The van der Waals surface area contributed by atoms with Gasteiger partial charge in [0.25, 0.3) is 5.91 Å². The second kappa shape index (κ2) is 8.89. The number of halogens is 1. The van der Waals surface area contributed by atoms with Crippen molar-refractivity contribution in [1.82, 2.24) is 9.80 Å². The number of benzene rings is 1. The minimum Gasteiger partial charge on any atom is -0.341 e. The van der Waals surface area contributed by atoms with E-state index >= 15 is 0 Å². The Kier molecular flexibility index (Phi) is 7.52. The van der Waals surface area contributed by atoms with Gasteiger partial charge in [-0.15, -0.1) is 12.4 Å². The van der Waals surface area contributed by atoms with Crippen LogP contribution in [0.5, 0.6) is 0 Å². The Hall–Kier alpha value is -1.59. The maximum atomic E-state index is 12.5. The van der Waals surface area contributed by atoms with E-state index in [2.05, 4.69) is 0 Å². The van der Waals surface area contributed by atoms with Gasteiger partial charge in [0, 0.05) is 38.3 Å². The molecule has 1 saturated heterocycles. The second-order valence-corrected chi connectivity index (χ2v) is 5.99. The molecule has 0 saturated carbocycles. The van der Waals surface area contributed by atoms with Gasteiger partial charge < -0.3 is 15.5 Å². The van der Waals surface area contributed by atoms with Crippen LogP contribution in [0, 0.1) is 5.92 Å². The van der Waals surface area contributed by atoms with Crippen LogP contribution in [0.2, 0.25) is 0 Å². The monoisotopic (exact) mass is 339 g/mol. The lowest BCUT2D eigenvalue weighted by Crippen LogP contribution is -2.49. The highest BCUT2D eigenvalue weighted by Gasteiger charge is 2.31. The summed E-state index contributed by atoms with van der Waals surface area (Å²) >= 11 is 0. The summed E-state index contributed by atoms with van der Waals surface area (Å²) in [5.41, 5.74) is 6.31. The van der Waals surface area contributed by atoms with Crippen LogP contribution in [-0.2, 0) is 4.79 Å². The topological polar surface area (TPSA) is 66.6 Å². The van der Waals surface area contributed by atoms with E-state index in [1.807, 2.05) is 37.3 Å². The fraction of sp³-hybridized carbons (Fsp3) is 0.529. The van der Waals surface area contributed by atoms with Crippen LogP contribution in [0.4, 0.5) is 0 Å². The second-order valence-electron chi connectivity index (χ2n) is 5.99. The fourth-order valence-corrected chi connectivity index (χ4v) is 2.79. The molecule has 2 amide bonds. The van der Waals surface area contributed by atoms with Crippen LogP contribution >= 0.6 is 12.4 Å². The highest BCUT2D eigenvalue weighted by atomic mass is 35.5. The number of hydrogen-bond acceptors (Lipinski definition) is 3. The molecule has 1 heterocycles. The zero-order chi connectivity index (χ0) is 16.1. The maximum absolute atomic E-state index is 12.5. The Labute approximate surface area is 144 Å². The summed E-state index contributed by atoms with van der Waals surface area (Å²) in [5.74, 6) is -0.0310. The first-order chi connectivity index (χ1) is 10.5. The number of carbonyl (C=O) groups is 2. The van der Waals surface area contributed by atoms with E-state index in [4.69, 9.17) is 5.73 Å². The van der Waals surface area contributed by atoms with E-state index < -0.39 is 0 Å². The van der Waals surface area contributed by atoms with Gasteiger partial charge in [0.15, 0.2) is 0 Å². The third-order valence-electron chi connectivity index (χ3n) is 4.43. The molecule has 1 aliphatic heterocycles. The van der Waals surface area contributed by atoms with Gasteiger partial charge in [-0.1, -0.05) is 18.2 Å². The minimum atomic E-state index is -0.125. The van der Waals surface area contributed by atoms with Gasteiger partial charge in [-0.3, -0.25) is 9.59 Å². The molecule has 2 rings (SSSR count). The van der Waals surface area contributed by atoms with E-state index in [1.165, 1.54) is 0 Å². The summed E-state index contributed by atoms with van der Waals surface area (Å²) in [4.78, 5) is 28.5. The molecule has 23 heavy (non-hydrogen) atoms. The van der Waals surface area contributed by atoms with E-state index in [0.717, 1.165) is 12.8 Å². The van der Waals surface area contributed by atoms with E-state index in [0.29, 0.717) is 25.2 Å². The van der Waals surface area contributed by atoms with Gasteiger partial charge in [0.05, 0.1) is 5.92 Å². The predicted octanol–water partition coefficient (Wildman–Crippen LogP) is 1.77. The highest BCUT2D eigenvalue weighted by Crippen LogP contribution is 2.21. The largest absolute Gasteiger partial charge is 0.341 e. The molecule has 0 radical (unpaired) electrons. The zero-order valence-corrected chi connectivity index (χ0v) is 14.6. The number of rotatable bonds is 4. The van der Waals surface area contributed by atoms with E-state index in [-0.39, 0.29) is 36.2 Å². The van der Waals surface area contributed by atoms with Crippen molar-refractivity contribution in [3.05, 3.63) is 35.9 Å². The number of amides is 2. The molecule has 0 aliphatic carbocycles. The smallest absolute Gasteiger partial charge is 0.253 e. The molecule has 1 aliphatic rings. The van der Waals surface area contributed by atoms with Crippen molar-refractivity contribution in [2.45, 2.75) is 25.8 Å². The fourth-order valence-electron chi connectivity index (χ4n) is 2.79. The summed E-state index contributed by atoms with van der Waals surface area (Å²) in [6.07, 6.45) is 1.69. The third kappa shape index (κ3) is 4.69. The predicted molar refractivity (Wildman–Crippen MR) is 93.6 cm³/mol. The molecule has 2 atom stereocenters. The molecule has 1 aromatic rings. The van der Waals surface area contributed by atoms with Crippen molar-refractivity contribution in [3.63, 3.8) is 0 Å². The minimum absolute atomic E-state index is 0. The third-order valence-corrected chi connectivity index (χ3v) is 4.43. The van der Waals surface area contributed by atoms with Crippen molar-refractivity contribution in [2.24, 2.45) is 11.7 Å². The lowest BCUT2D eigenvalue weighted by molar-refractivity contribution is -0.137. The molecule has 2 N–H and O–H groups in total. The van der Waals surface area contributed by atoms with Crippen molar-refractivity contribution in [1.29, 1.82) is 0 Å². The molecular weight excluding hydrogens is 314 g/mol. The molecule has 5 nitrogen and oxygen atoms in total. The van der Waals surface area contributed by atoms with Crippen molar-refractivity contribution in [3.8, 4) is 0 Å². The number of nitrogens with two attached hydrogens (primary N) is 1. The lowest BCUT2D eigenvalue weighted by Gasteiger charge is -2.35. The molecule has 1 fully saturated rings. The van der Waals surface area contributed by atoms with Gasteiger partial charge in [-0.25, -0.2) is 0 Å². The van der Waals surface area contributed by atoms with Gasteiger partial charge in [-0.05, 0) is 31.9 Å². The maximum Gasteiger partial charge on any atom is 0.253 e. The van der Waals surface area contributed by atoms with Crippen molar-refractivity contribution in [2.75, 3.05) is 26.7 Å². The lowest BCUT2D eigenvalue weighted by atomic mass is 9.95. The molecular formula is C17H26ClN3O2. The van der Waals surface area contributed by atoms with Gasteiger partial charge in [0.1, 0.15) is 0 Å². The van der Waals surface area contributed by atoms with Crippen molar-refractivity contribution >= 4 is 24.2 Å². The Morgan fingerprint density at radius 1 is 1.35 bits per heavy atom. The summed E-state index contributed by atoms with van der Waals surface area (Å²) in [5, 5.41) is 0. The van der Waals surface area contributed by atoms with Gasteiger partial charge in [0.2, 0.25) is 5.91 Å². The number of piperidine rings is 1. The Morgan fingerprint density at radius 2 is 2.00 bits per heavy atom. The molecule has 2 unspecified atom stereocenters. The SMILES string of the molecule is CC(CN)N(C)C(=O)C1CCCN(C(=O)c2ccccc2)C1.Cl. The summed E-state index contributed by atoms with van der Waals surface area (Å²) < 4.78 is 0. The van der Waals surface area contributed by atoms with E-state index in [9.17, 15) is 9.59 Å². The first kappa shape index (κ1) is 19.5. The first-order valence-corrected chi connectivity index (χ1v) is 7.85. The highest BCUT2D eigenvalue weighted by molar-refractivity contribution is 5.94. The molecule has 0 bridgehead atoms. The number of hydrogen-bond donors (Lipinski definition) is 1. The van der Waals surface area contributed by atoms with Crippen LogP contribution in [0.15, 0.2) is 30.3 Å². The Bertz CT molecular complexity index is 524. The van der Waals surface area contributed by atoms with Crippen LogP contribution in [0.25, 0.3) is 0 Å². The number of likely N-dealkylation sites (N-methyl/N-ethyl adjacent to an activating group) is 1. The Morgan fingerprint density at radius 3 is 2.61 bits per heavy atom. The van der Waals surface area contributed by atoms with Crippen LogP contribution in [0.3, 0.4) is 0 Å².